The molecule has 1 aliphatic rings. The Morgan fingerprint density at radius 1 is 1.32 bits per heavy atom. The number of methoxy groups -OCH3 is 1. The molecule has 0 aromatic heterocycles. The van der Waals surface area contributed by atoms with Gasteiger partial charge in [0.15, 0.2) is 0 Å². The summed E-state index contributed by atoms with van der Waals surface area (Å²) in [5.41, 5.74) is 0.994. The van der Waals surface area contributed by atoms with Gasteiger partial charge in [-0.25, -0.2) is 4.39 Å². The van der Waals surface area contributed by atoms with E-state index >= 15 is 0 Å². The largest absolute Gasteiger partial charge is 0.497 e. The minimum atomic E-state index is -0.354. The highest BCUT2D eigenvalue weighted by Gasteiger charge is 2.22. The summed E-state index contributed by atoms with van der Waals surface area (Å²) in [7, 11) is 1.63. The smallest absolute Gasteiger partial charge is 0.119 e. The number of piperazine rings is 1. The van der Waals surface area contributed by atoms with E-state index in [0.717, 1.165) is 37.5 Å². The van der Waals surface area contributed by atoms with E-state index in [1.807, 2.05) is 24.3 Å². The standard InChI is InChI=1S/C13H19FN2O.2ClH/c1-17-12-4-2-3-11(9-12)13(10-14)16-7-5-15-6-8-16;;/h2-4,9,13,15H,5-8,10H2,1H3;2*1H/t13-;;/m0../s1. The lowest BCUT2D eigenvalue weighted by Crippen LogP contribution is -2.45. The predicted molar refractivity (Wildman–Crippen MR) is 80.6 cm³/mol. The van der Waals surface area contributed by atoms with Gasteiger partial charge in [0, 0.05) is 26.2 Å². The number of ether oxygens (including phenoxy) is 1. The lowest BCUT2D eigenvalue weighted by atomic mass is 10.1. The van der Waals surface area contributed by atoms with Crippen LogP contribution in [0.2, 0.25) is 0 Å². The van der Waals surface area contributed by atoms with Crippen LogP contribution >= 0.6 is 24.8 Å². The van der Waals surface area contributed by atoms with Crippen molar-refractivity contribution in [1.82, 2.24) is 10.2 Å². The molecule has 1 fully saturated rings. The fourth-order valence-corrected chi connectivity index (χ4v) is 2.24. The lowest BCUT2D eigenvalue weighted by molar-refractivity contribution is 0.147. The van der Waals surface area contributed by atoms with Gasteiger partial charge in [-0.2, -0.15) is 0 Å². The monoisotopic (exact) mass is 310 g/mol. The van der Waals surface area contributed by atoms with Crippen LogP contribution in [0.1, 0.15) is 11.6 Å². The third-order valence-corrected chi connectivity index (χ3v) is 3.22. The molecule has 1 N–H and O–H groups in total. The Morgan fingerprint density at radius 2 is 2.00 bits per heavy atom. The third-order valence-electron chi connectivity index (χ3n) is 3.22. The quantitative estimate of drug-likeness (QED) is 0.924. The highest BCUT2D eigenvalue weighted by atomic mass is 35.5. The van der Waals surface area contributed by atoms with Crippen molar-refractivity contribution in [3.05, 3.63) is 29.8 Å². The number of hydrogen-bond acceptors (Lipinski definition) is 3. The maximum absolute atomic E-state index is 13.3. The average Bonchev–Trinajstić information content (AvgIpc) is 2.41. The van der Waals surface area contributed by atoms with Gasteiger partial charge in [0.2, 0.25) is 0 Å². The van der Waals surface area contributed by atoms with Crippen LogP contribution in [0.25, 0.3) is 0 Å². The summed E-state index contributed by atoms with van der Waals surface area (Å²) in [6, 6.07) is 7.55. The molecule has 0 radical (unpaired) electrons. The molecule has 1 aromatic rings. The van der Waals surface area contributed by atoms with E-state index in [9.17, 15) is 4.39 Å². The van der Waals surface area contributed by atoms with Crippen LogP contribution in [0.5, 0.6) is 5.75 Å². The molecule has 0 amide bonds. The summed E-state index contributed by atoms with van der Waals surface area (Å²) in [6.45, 7) is 3.30. The first kappa shape index (κ1) is 18.4. The Hall–Kier alpha value is -0.550. The molecule has 0 spiro atoms. The molecule has 0 bridgehead atoms. The van der Waals surface area contributed by atoms with Gasteiger partial charge >= 0.3 is 0 Å². The van der Waals surface area contributed by atoms with E-state index in [1.54, 1.807) is 7.11 Å². The van der Waals surface area contributed by atoms with Crippen LogP contribution in [0.4, 0.5) is 4.39 Å². The van der Waals surface area contributed by atoms with Crippen LogP contribution in [0.3, 0.4) is 0 Å². The van der Waals surface area contributed by atoms with E-state index in [2.05, 4.69) is 10.2 Å². The van der Waals surface area contributed by atoms with E-state index < -0.39 is 0 Å². The van der Waals surface area contributed by atoms with Gasteiger partial charge in [0.25, 0.3) is 0 Å². The summed E-state index contributed by atoms with van der Waals surface area (Å²) in [6.07, 6.45) is 0. The molecule has 1 aliphatic heterocycles. The fourth-order valence-electron chi connectivity index (χ4n) is 2.24. The molecule has 1 atom stereocenters. The van der Waals surface area contributed by atoms with Gasteiger partial charge in [-0.1, -0.05) is 12.1 Å². The molecule has 0 saturated carbocycles. The number of hydrogen-bond donors (Lipinski definition) is 1. The Bertz CT molecular complexity index is 362. The van der Waals surface area contributed by atoms with Crippen LogP contribution in [0.15, 0.2) is 24.3 Å². The third kappa shape index (κ3) is 4.80. The fraction of sp³-hybridized carbons (Fsp3) is 0.538. The van der Waals surface area contributed by atoms with Gasteiger partial charge in [-0.15, -0.1) is 24.8 Å². The second kappa shape index (κ2) is 9.37. The SMILES string of the molecule is COc1cccc([C@H](CF)N2CCNCC2)c1.Cl.Cl. The molecule has 0 unspecified atom stereocenters. The van der Waals surface area contributed by atoms with E-state index in [1.165, 1.54) is 0 Å². The van der Waals surface area contributed by atoms with Gasteiger partial charge in [0.05, 0.1) is 13.2 Å². The second-order valence-electron chi connectivity index (χ2n) is 4.23. The van der Waals surface area contributed by atoms with Crippen LogP contribution in [0, 0.1) is 0 Å². The zero-order chi connectivity index (χ0) is 12.1. The van der Waals surface area contributed by atoms with Crippen LogP contribution in [-0.4, -0.2) is 44.9 Å². The first-order valence-electron chi connectivity index (χ1n) is 6.00. The first-order chi connectivity index (χ1) is 8.35. The average molecular weight is 311 g/mol. The Kier molecular flexibility index (Phi) is 9.10. The summed E-state index contributed by atoms with van der Waals surface area (Å²) in [5.74, 6) is 0.788. The van der Waals surface area contributed by atoms with Crippen LogP contribution < -0.4 is 10.1 Å². The van der Waals surface area contributed by atoms with Crippen molar-refractivity contribution in [1.29, 1.82) is 0 Å². The summed E-state index contributed by atoms with van der Waals surface area (Å²) in [5, 5.41) is 3.28. The van der Waals surface area contributed by atoms with Gasteiger partial charge < -0.3 is 10.1 Å². The van der Waals surface area contributed by atoms with Crippen molar-refractivity contribution in [2.45, 2.75) is 6.04 Å². The first-order valence-corrected chi connectivity index (χ1v) is 6.00. The van der Waals surface area contributed by atoms with Crippen molar-refractivity contribution in [3.8, 4) is 5.75 Å². The number of rotatable bonds is 4. The number of nitrogens with zero attached hydrogens (tertiary/aromatic N) is 1. The summed E-state index contributed by atoms with van der Waals surface area (Å²) >= 11 is 0. The number of nitrogens with one attached hydrogen (secondary N) is 1. The van der Waals surface area contributed by atoms with Gasteiger partial charge in [0.1, 0.15) is 12.4 Å². The molecule has 1 aromatic carbocycles. The van der Waals surface area contributed by atoms with Gasteiger partial charge in [-0.05, 0) is 17.7 Å². The minimum Gasteiger partial charge on any atom is -0.497 e. The van der Waals surface area contributed by atoms with Crippen molar-refractivity contribution in [2.75, 3.05) is 40.0 Å². The highest BCUT2D eigenvalue weighted by Crippen LogP contribution is 2.24. The Morgan fingerprint density at radius 3 is 2.58 bits per heavy atom. The molecule has 3 nitrogen and oxygen atoms in total. The highest BCUT2D eigenvalue weighted by molar-refractivity contribution is 5.85. The summed E-state index contributed by atoms with van der Waals surface area (Å²) in [4.78, 5) is 2.19. The Labute approximate surface area is 126 Å². The van der Waals surface area contributed by atoms with Gasteiger partial charge in [-0.3, -0.25) is 4.90 Å². The zero-order valence-corrected chi connectivity index (χ0v) is 12.6. The molecular weight excluding hydrogens is 290 g/mol. The molecule has 6 heteroatoms. The zero-order valence-electron chi connectivity index (χ0n) is 11.0. The molecule has 0 aliphatic carbocycles. The van der Waals surface area contributed by atoms with E-state index in [0.29, 0.717) is 0 Å². The number of halogens is 3. The number of alkyl halides is 1. The lowest BCUT2D eigenvalue weighted by Gasteiger charge is -2.33. The maximum Gasteiger partial charge on any atom is 0.119 e. The van der Waals surface area contributed by atoms with E-state index in [4.69, 9.17) is 4.74 Å². The molecular formula is C13H21Cl2FN2O. The van der Waals surface area contributed by atoms with Crippen molar-refractivity contribution < 1.29 is 9.13 Å². The molecule has 1 saturated heterocycles. The predicted octanol–water partition coefficient (Wildman–Crippen LogP) is 2.45. The Balaban J connectivity index is 0.00000162. The summed E-state index contributed by atoms with van der Waals surface area (Å²) < 4.78 is 18.4. The van der Waals surface area contributed by atoms with Crippen LogP contribution in [-0.2, 0) is 0 Å². The maximum atomic E-state index is 13.3. The molecule has 2 rings (SSSR count). The van der Waals surface area contributed by atoms with Crippen molar-refractivity contribution in [2.24, 2.45) is 0 Å². The molecule has 1 heterocycles. The van der Waals surface area contributed by atoms with E-state index in [-0.39, 0.29) is 37.5 Å². The van der Waals surface area contributed by atoms with Crippen molar-refractivity contribution in [3.63, 3.8) is 0 Å². The molecule has 110 valence electrons. The normalized spacial score (nSPS) is 16.9. The van der Waals surface area contributed by atoms with Crippen molar-refractivity contribution >= 4 is 24.8 Å². The topological polar surface area (TPSA) is 24.5 Å². The second-order valence-corrected chi connectivity index (χ2v) is 4.23. The number of benzene rings is 1. The minimum absolute atomic E-state index is 0. The molecule has 19 heavy (non-hydrogen) atoms.